The minimum atomic E-state index is -0.363. The number of aryl methyl sites for hydroxylation is 1. The number of ether oxygens (including phenoxy) is 1. The number of urea groups is 1. The first-order valence-electron chi connectivity index (χ1n) is 8.53. The molecule has 0 spiro atoms. The molecule has 0 saturated carbocycles. The van der Waals surface area contributed by atoms with Gasteiger partial charge in [-0.25, -0.2) is 4.79 Å². The summed E-state index contributed by atoms with van der Waals surface area (Å²) in [5, 5.41) is 9.93. The summed E-state index contributed by atoms with van der Waals surface area (Å²) in [6.07, 6.45) is 1.84. The van der Waals surface area contributed by atoms with Crippen molar-refractivity contribution in [3.05, 3.63) is 71.9 Å². The maximum absolute atomic E-state index is 12.2. The highest BCUT2D eigenvalue weighted by Crippen LogP contribution is 2.23. The van der Waals surface area contributed by atoms with E-state index in [-0.39, 0.29) is 6.03 Å². The third-order valence-corrected chi connectivity index (χ3v) is 3.91. The summed E-state index contributed by atoms with van der Waals surface area (Å²) >= 11 is 0. The monoisotopic (exact) mass is 350 g/mol. The predicted molar refractivity (Wildman–Crippen MR) is 103 cm³/mol. The van der Waals surface area contributed by atoms with E-state index in [1.165, 1.54) is 11.1 Å². The average Bonchev–Trinajstić information content (AvgIpc) is 3.06. The van der Waals surface area contributed by atoms with Gasteiger partial charge in [-0.15, -0.1) is 0 Å². The van der Waals surface area contributed by atoms with E-state index in [0.717, 1.165) is 0 Å². The number of nitrogens with one attached hydrogen (secondary N) is 2. The molecule has 0 saturated heterocycles. The summed E-state index contributed by atoms with van der Waals surface area (Å²) in [4.78, 5) is 12.2. The van der Waals surface area contributed by atoms with Crippen LogP contribution in [-0.4, -0.2) is 22.4 Å². The zero-order chi connectivity index (χ0) is 18.4. The van der Waals surface area contributed by atoms with Crippen molar-refractivity contribution in [2.24, 2.45) is 0 Å². The number of para-hydroxylation sites is 2. The molecule has 134 valence electrons. The predicted octanol–water partition coefficient (Wildman–Crippen LogP) is 4.28. The molecule has 0 unspecified atom stereocenters. The molecule has 0 radical (unpaired) electrons. The Labute approximate surface area is 152 Å². The Kier molecular flexibility index (Phi) is 5.53. The molecule has 6 nitrogen and oxygen atoms in total. The van der Waals surface area contributed by atoms with Crippen molar-refractivity contribution in [3.8, 4) is 5.75 Å². The topological polar surface area (TPSA) is 68.2 Å². The molecule has 1 heterocycles. The van der Waals surface area contributed by atoms with Crippen LogP contribution >= 0.6 is 0 Å². The fraction of sp³-hybridized carbons (Fsp3) is 0.200. The van der Waals surface area contributed by atoms with Gasteiger partial charge < -0.3 is 10.1 Å². The Hall–Kier alpha value is -3.28. The van der Waals surface area contributed by atoms with Gasteiger partial charge in [-0.3, -0.25) is 10.00 Å². The molecule has 26 heavy (non-hydrogen) atoms. The van der Waals surface area contributed by atoms with Crippen LogP contribution in [0.4, 0.5) is 16.3 Å². The largest absolute Gasteiger partial charge is 0.492 e. The third-order valence-electron chi connectivity index (χ3n) is 3.91. The normalized spacial score (nSPS) is 10.4. The number of rotatable bonds is 6. The number of carbonyl (C=O) groups is 1. The molecule has 3 aromatic rings. The molecule has 2 amide bonds. The number of nitrogens with zero attached hydrogens (tertiary/aromatic N) is 2. The zero-order valence-corrected chi connectivity index (χ0v) is 14.9. The number of anilines is 2. The number of benzene rings is 2. The SMILES string of the molecule is CCOc1ccccc1NC(=O)Nc1ccn(Cc2ccccc2C)n1. The minimum Gasteiger partial charge on any atom is -0.492 e. The van der Waals surface area contributed by atoms with Gasteiger partial charge in [-0.1, -0.05) is 36.4 Å². The van der Waals surface area contributed by atoms with Crippen LogP contribution < -0.4 is 15.4 Å². The lowest BCUT2D eigenvalue weighted by Crippen LogP contribution is -2.20. The Balaban J connectivity index is 1.62. The van der Waals surface area contributed by atoms with Crippen molar-refractivity contribution in [2.45, 2.75) is 20.4 Å². The van der Waals surface area contributed by atoms with Gasteiger partial charge in [-0.2, -0.15) is 5.10 Å². The highest BCUT2D eigenvalue weighted by atomic mass is 16.5. The molecule has 0 atom stereocenters. The molecule has 0 bridgehead atoms. The first-order valence-corrected chi connectivity index (χ1v) is 8.53. The lowest BCUT2D eigenvalue weighted by atomic mass is 10.1. The second kappa shape index (κ2) is 8.20. The van der Waals surface area contributed by atoms with Crippen molar-refractivity contribution in [2.75, 3.05) is 17.2 Å². The number of hydrogen-bond donors (Lipinski definition) is 2. The van der Waals surface area contributed by atoms with E-state index in [1.54, 1.807) is 16.8 Å². The van der Waals surface area contributed by atoms with Gasteiger partial charge in [0, 0.05) is 12.3 Å². The van der Waals surface area contributed by atoms with Crippen LogP contribution in [0.2, 0.25) is 0 Å². The minimum absolute atomic E-state index is 0.363. The van der Waals surface area contributed by atoms with E-state index < -0.39 is 0 Å². The summed E-state index contributed by atoms with van der Waals surface area (Å²) in [6, 6.07) is 16.9. The van der Waals surface area contributed by atoms with Gasteiger partial charge in [0.2, 0.25) is 0 Å². The van der Waals surface area contributed by atoms with E-state index in [4.69, 9.17) is 4.74 Å². The van der Waals surface area contributed by atoms with Gasteiger partial charge in [0.25, 0.3) is 0 Å². The fourth-order valence-electron chi connectivity index (χ4n) is 2.60. The van der Waals surface area contributed by atoms with Crippen molar-refractivity contribution in [1.29, 1.82) is 0 Å². The van der Waals surface area contributed by atoms with Crippen molar-refractivity contribution in [3.63, 3.8) is 0 Å². The molecule has 6 heteroatoms. The van der Waals surface area contributed by atoms with Crippen LogP contribution in [0.1, 0.15) is 18.1 Å². The highest BCUT2D eigenvalue weighted by Gasteiger charge is 2.09. The number of hydrogen-bond acceptors (Lipinski definition) is 3. The number of aromatic nitrogens is 2. The van der Waals surface area contributed by atoms with Crippen LogP contribution in [0.15, 0.2) is 60.8 Å². The number of amides is 2. The van der Waals surface area contributed by atoms with Crippen LogP contribution in [0.5, 0.6) is 5.75 Å². The van der Waals surface area contributed by atoms with Gasteiger partial charge in [0.1, 0.15) is 5.75 Å². The van der Waals surface area contributed by atoms with Crippen LogP contribution in [0.25, 0.3) is 0 Å². The van der Waals surface area contributed by atoms with Gasteiger partial charge in [0.15, 0.2) is 5.82 Å². The van der Waals surface area contributed by atoms with Gasteiger partial charge >= 0.3 is 6.03 Å². The van der Waals surface area contributed by atoms with Crippen molar-refractivity contribution >= 4 is 17.5 Å². The molecular formula is C20H22N4O2. The van der Waals surface area contributed by atoms with E-state index in [9.17, 15) is 4.79 Å². The Morgan fingerprint density at radius 3 is 2.65 bits per heavy atom. The third kappa shape index (κ3) is 4.42. The molecule has 0 aliphatic heterocycles. The van der Waals surface area contributed by atoms with E-state index in [2.05, 4.69) is 34.8 Å². The summed E-state index contributed by atoms with van der Waals surface area (Å²) in [7, 11) is 0. The highest BCUT2D eigenvalue weighted by molar-refractivity contribution is 6.00. The molecule has 3 rings (SSSR count). The average molecular weight is 350 g/mol. The van der Waals surface area contributed by atoms with E-state index >= 15 is 0 Å². The van der Waals surface area contributed by atoms with Gasteiger partial charge in [0.05, 0.1) is 18.8 Å². The molecule has 0 aliphatic carbocycles. The summed E-state index contributed by atoms with van der Waals surface area (Å²) in [6.45, 7) is 5.16. The molecule has 2 N–H and O–H groups in total. The Morgan fingerprint density at radius 2 is 1.85 bits per heavy atom. The Morgan fingerprint density at radius 1 is 1.08 bits per heavy atom. The smallest absolute Gasteiger partial charge is 0.325 e. The van der Waals surface area contributed by atoms with Crippen molar-refractivity contribution in [1.82, 2.24) is 9.78 Å². The summed E-state index contributed by atoms with van der Waals surface area (Å²) in [5.41, 5.74) is 3.02. The zero-order valence-electron chi connectivity index (χ0n) is 14.9. The molecule has 0 fully saturated rings. The molecular weight excluding hydrogens is 328 g/mol. The van der Waals surface area contributed by atoms with Crippen LogP contribution in [-0.2, 0) is 6.54 Å². The standard InChI is InChI=1S/C20H22N4O2/c1-3-26-18-11-7-6-10-17(18)21-20(25)22-19-12-13-24(23-19)14-16-9-5-4-8-15(16)2/h4-13H,3,14H2,1-2H3,(H2,21,22,23,25). The van der Waals surface area contributed by atoms with Gasteiger partial charge in [-0.05, 0) is 37.1 Å². The second-order valence-corrected chi connectivity index (χ2v) is 5.83. The molecule has 0 aliphatic rings. The van der Waals surface area contributed by atoms with Crippen LogP contribution in [0, 0.1) is 6.92 Å². The van der Waals surface area contributed by atoms with E-state index in [1.807, 2.05) is 43.5 Å². The summed E-state index contributed by atoms with van der Waals surface area (Å²) < 4.78 is 7.31. The molecule has 2 aromatic carbocycles. The van der Waals surface area contributed by atoms with E-state index in [0.29, 0.717) is 30.4 Å². The van der Waals surface area contributed by atoms with Crippen molar-refractivity contribution < 1.29 is 9.53 Å². The maximum Gasteiger partial charge on any atom is 0.325 e. The lowest BCUT2D eigenvalue weighted by molar-refractivity contribution is 0.262. The molecule has 1 aromatic heterocycles. The fourth-order valence-corrected chi connectivity index (χ4v) is 2.60. The Bertz CT molecular complexity index is 889. The van der Waals surface area contributed by atoms with Crippen LogP contribution in [0.3, 0.4) is 0 Å². The number of carbonyl (C=O) groups excluding carboxylic acids is 1. The second-order valence-electron chi connectivity index (χ2n) is 5.83. The summed E-state index contributed by atoms with van der Waals surface area (Å²) in [5.74, 6) is 1.13. The first kappa shape index (κ1) is 17.5. The first-order chi connectivity index (χ1) is 12.7. The maximum atomic E-state index is 12.2. The lowest BCUT2D eigenvalue weighted by Gasteiger charge is -2.11. The quantitative estimate of drug-likeness (QED) is 0.697.